The Bertz CT molecular complexity index is 2600. The van der Waals surface area contributed by atoms with Crippen molar-refractivity contribution >= 4 is 44.6 Å². The van der Waals surface area contributed by atoms with Crippen molar-refractivity contribution in [2.75, 3.05) is 69.1 Å². The van der Waals surface area contributed by atoms with Crippen LogP contribution in [0.25, 0.3) is 11.6 Å². The zero-order valence-electron chi connectivity index (χ0n) is 36.8. The van der Waals surface area contributed by atoms with Gasteiger partial charge >= 0.3 is 6.18 Å². The Labute approximate surface area is 378 Å². The van der Waals surface area contributed by atoms with Crippen molar-refractivity contribution in [1.29, 1.82) is 0 Å². The Hall–Kier alpha value is -5.71. The monoisotopic (exact) mass is 912 g/mol. The number of carbonyl (C=O) groups is 1. The highest BCUT2D eigenvalue weighted by Gasteiger charge is 2.33. The maximum absolute atomic E-state index is 14.0. The van der Waals surface area contributed by atoms with Gasteiger partial charge in [0, 0.05) is 62.7 Å². The van der Waals surface area contributed by atoms with E-state index in [0.29, 0.717) is 45.0 Å². The number of rotatable bonds is 15. The number of alkyl halides is 3. The number of hydrogen-bond acceptors (Lipinski definition) is 10. The normalized spacial score (nSPS) is 17.9. The van der Waals surface area contributed by atoms with Gasteiger partial charge in [-0.25, -0.2) is 13.1 Å². The Morgan fingerprint density at radius 1 is 0.908 bits per heavy atom. The lowest BCUT2D eigenvalue weighted by Crippen LogP contribution is -2.47. The van der Waals surface area contributed by atoms with Crippen LogP contribution >= 0.6 is 0 Å². The summed E-state index contributed by atoms with van der Waals surface area (Å²) in [6.45, 7) is 11.2. The average Bonchev–Trinajstić information content (AvgIpc) is 3.99. The maximum atomic E-state index is 14.0. The van der Waals surface area contributed by atoms with E-state index < -0.39 is 43.2 Å². The number of allylic oxidation sites excluding steroid dienone is 2. The lowest BCUT2D eigenvalue weighted by atomic mass is 9.72. The Morgan fingerprint density at radius 3 is 2.38 bits per heavy atom. The first-order chi connectivity index (χ1) is 31.0. The summed E-state index contributed by atoms with van der Waals surface area (Å²) in [6, 6.07) is 19.7. The molecule has 12 nitrogen and oxygen atoms in total. The van der Waals surface area contributed by atoms with E-state index in [1.807, 2.05) is 24.3 Å². The third-order valence-corrected chi connectivity index (χ3v) is 14.3. The molecule has 0 atom stereocenters. The van der Waals surface area contributed by atoms with Gasteiger partial charge in [-0.3, -0.25) is 19.8 Å². The van der Waals surface area contributed by atoms with E-state index in [9.17, 15) is 36.5 Å². The van der Waals surface area contributed by atoms with Crippen molar-refractivity contribution in [1.82, 2.24) is 14.5 Å². The lowest BCUT2D eigenvalue weighted by molar-refractivity contribution is -0.384. The van der Waals surface area contributed by atoms with Crippen molar-refractivity contribution in [3.63, 3.8) is 0 Å². The molecule has 2 fully saturated rings. The quantitative estimate of drug-likeness (QED) is 0.0674. The number of halogens is 3. The van der Waals surface area contributed by atoms with Gasteiger partial charge in [0.1, 0.15) is 17.2 Å². The molecule has 1 amide bonds. The molecule has 0 unspecified atom stereocenters. The molecule has 4 aromatic rings. The number of benzene rings is 4. The molecule has 2 aliphatic carbocycles. The summed E-state index contributed by atoms with van der Waals surface area (Å²) in [5, 5.41) is 15.2. The van der Waals surface area contributed by atoms with Crippen molar-refractivity contribution in [2.24, 2.45) is 5.41 Å². The number of sulfonamides is 1. The van der Waals surface area contributed by atoms with E-state index in [1.54, 1.807) is 30.3 Å². The second-order valence-electron chi connectivity index (χ2n) is 18.2. The number of nitrogens with one attached hydrogen (secondary N) is 2. The van der Waals surface area contributed by atoms with Crippen LogP contribution in [0.5, 0.6) is 11.5 Å². The minimum Gasteiger partial charge on any atom is -0.456 e. The number of nitro groups is 1. The van der Waals surface area contributed by atoms with E-state index in [4.69, 9.17) is 4.74 Å². The molecule has 2 aliphatic heterocycles. The van der Waals surface area contributed by atoms with Gasteiger partial charge in [0.25, 0.3) is 21.6 Å². The van der Waals surface area contributed by atoms with Gasteiger partial charge in [0.05, 0.1) is 20.9 Å². The summed E-state index contributed by atoms with van der Waals surface area (Å²) < 4.78 is 76.2. The Balaban J connectivity index is 0.988. The fourth-order valence-electron chi connectivity index (χ4n) is 9.30. The molecule has 8 rings (SSSR count). The summed E-state index contributed by atoms with van der Waals surface area (Å²) in [5.41, 5.74) is 4.97. The van der Waals surface area contributed by atoms with Gasteiger partial charge in [-0.1, -0.05) is 55.8 Å². The van der Waals surface area contributed by atoms with Gasteiger partial charge in [-0.2, -0.15) is 13.2 Å². The van der Waals surface area contributed by atoms with E-state index in [0.717, 1.165) is 111 Å². The number of nitro benzene ring substituents is 1. The first kappa shape index (κ1) is 45.8. The third kappa shape index (κ3) is 10.9. The molecule has 0 radical (unpaired) electrons. The number of anilines is 2. The van der Waals surface area contributed by atoms with Crippen LogP contribution in [0.1, 0.15) is 85.0 Å². The Morgan fingerprint density at radius 2 is 1.66 bits per heavy atom. The minimum atomic E-state index is -4.57. The predicted molar refractivity (Wildman–Crippen MR) is 247 cm³/mol. The lowest BCUT2D eigenvalue weighted by Gasteiger charge is -2.39. The summed E-state index contributed by atoms with van der Waals surface area (Å²) in [6.07, 6.45) is 6.01. The van der Waals surface area contributed by atoms with Crippen LogP contribution in [0.4, 0.5) is 30.2 Å². The SMILES string of the molecule is CC1(C)CCC(CN2CCN(c3ccc(C(=O)NS(=O)(=O)c4ccc(NCCCN5CCCC5)c([N+](=O)[O-])c4)c(Oc4cccc5c4C=CC5)c3)CC2)=C(c2ccc(C(F)(F)F)cc2)C1. The third-order valence-electron chi connectivity index (χ3n) is 13.0. The molecule has 2 N–H and O–H groups in total. The molecule has 0 aromatic heterocycles. The predicted octanol–water partition coefficient (Wildman–Crippen LogP) is 9.78. The molecular weight excluding hydrogens is 858 g/mol. The molecule has 4 aliphatic rings. The smallest absolute Gasteiger partial charge is 0.416 e. The highest BCUT2D eigenvalue weighted by molar-refractivity contribution is 7.90. The maximum Gasteiger partial charge on any atom is 0.416 e. The van der Waals surface area contributed by atoms with Crippen LogP contribution < -0.4 is 19.7 Å². The number of likely N-dealkylation sites (tertiary alicyclic amines) is 1. The highest BCUT2D eigenvalue weighted by Crippen LogP contribution is 2.44. The largest absolute Gasteiger partial charge is 0.456 e. The summed E-state index contributed by atoms with van der Waals surface area (Å²) in [5.74, 6) is -0.317. The van der Waals surface area contributed by atoms with Crippen LogP contribution in [0.15, 0.2) is 95.4 Å². The summed E-state index contributed by atoms with van der Waals surface area (Å²) in [7, 11) is -4.57. The first-order valence-electron chi connectivity index (χ1n) is 22.3. The van der Waals surface area contributed by atoms with Crippen molar-refractivity contribution in [2.45, 2.75) is 69.9 Å². The number of ether oxygens (including phenoxy) is 1. The van der Waals surface area contributed by atoms with E-state index >= 15 is 0 Å². The van der Waals surface area contributed by atoms with Gasteiger partial charge in [-0.05, 0) is 129 Å². The van der Waals surface area contributed by atoms with Crippen LogP contribution in [0.2, 0.25) is 0 Å². The number of amides is 1. The van der Waals surface area contributed by atoms with Crippen molar-refractivity contribution in [3.05, 3.63) is 128 Å². The molecular formula is C49H55F3N6O6S. The number of hydrogen-bond donors (Lipinski definition) is 2. The average molecular weight is 913 g/mol. The molecule has 0 saturated carbocycles. The minimum absolute atomic E-state index is 0.0274. The van der Waals surface area contributed by atoms with Gasteiger partial charge < -0.3 is 19.9 Å². The van der Waals surface area contributed by atoms with Crippen molar-refractivity contribution in [3.8, 4) is 11.5 Å². The molecule has 0 spiro atoms. The van der Waals surface area contributed by atoms with E-state index in [-0.39, 0.29) is 22.4 Å². The molecule has 16 heteroatoms. The Kier molecular flexibility index (Phi) is 13.4. The number of piperazine rings is 1. The van der Waals surface area contributed by atoms with E-state index in [1.165, 1.54) is 23.8 Å². The zero-order chi connectivity index (χ0) is 45.9. The number of fused-ring (bicyclic) bond motifs is 1. The summed E-state index contributed by atoms with van der Waals surface area (Å²) >= 11 is 0. The van der Waals surface area contributed by atoms with Crippen molar-refractivity contribution < 1.29 is 36.0 Å². The van der Waals surface area contributed by atoms with Gasteiger partial charge in [-0.15, -0.1) is 0 Å². The van der Waals surface area contributed by atoms with E-state index in [2.05, 4.69) is 38.6 Å². The van der Waals surface area contributed by atoms with Crippen LogP contribution in [0.3, 0.4) is 0 Å². The van der Waals surface area contributed by atoms with Crippen LogP contribution in [-0.4, -0.2) is 88.0 Å². The molecule has 4 aromatic carbocycles. The van der Waals surface area contributed by atoms with Crippen LogP contribution in [-0.2, 0) is 22.6 Å². The molecule has 0 bridgehead atoms. The fraction of sp³-hybridized carbons (Fsp3) is 0.408. The summed E-state index contributed by atoms with van der Waals surface area (Å²) in [4.78, 5) is 31.9. The van der Waals surface area contributed by atoms with Gasteiger partial charge in [0.2, 0.25) is 0 Å². The number of nitrogens with zero attached hydrogens (tertiary/aromatic N) is 4. The molecule has 344 valence electrons. The standard InChI is InChI=1S/C49H55F3N6O6S/c1-48(2)21-20-36(42(32-48)35-12-14-37(15-13-35)49(50,51)52)33-56-26-28-57(29-27-56)38-16-18-41(46(30-38)64-45-11-6-9-34-8-5-10-40(34)45)47(59)54-65(62,63)39-17-19-43(44(31-39)58(60)61)53-22-7-25-55-23-3-4-24-55/h5-6,9-19,30-31,53H,3-4,7-8,20-29,32-33H2,1-2H3,(H,54,59). The second-order valence-corrected chi connectivity index (χ2v) is 19.9. The van der Waals surface area contributed by atoms with Gasteiger partial charge in [0.15, 0.2) is 0 Å². The first-order valence-corrected chi connectivity index (χ1v) is 23.8. The number of carbonyl (C=O) groups excluding carboxylic acids is 1. The molecule has 65 heavy (non-hydrogen) atoms. The fourth-order valence-corrected chi connectivity index (χ4v) is 10.3. The molecule has 2 heterocycles. The molecule has 2 saturated heterocycles. The second kappa shape index (κ2) is 19.0. The topological polar surface area (TPSA) is 137 Å². The highest BCUT2D eigenvalue weighted by atomic mass is 32.2. The van der Waals surface area contributed by atoms with Crippen LogP contribution in [0, 0.1) is 15.5 Å². The zero-order valence-corrected chi connectivity index (χ0v) is 37.6.